The number of Topliss-reactive ketones (excluding diaryl/α,β-unsaturated/α-hetero) is 1. The largest absolute Gasteiger partial charge is 0.299 e. The summed E-state index contributed by atoms with van der Waals surface area (Å²) in [6.07, 6.45) is 10.1. The summed E-state index contributed by atoms with van der Waals surface area (Å²) >= 11 is 0. The van der Waals surface area contributed by atoms with E-state index in [9.17, 15) is 4.79 Å². The Morgan fingerprint density at radius 3 is 2.25 bits per heavy atom. The summed E-state index contributed by atoms with van der Waals surface area (Å²) in [6, 6.07) is 4.09. The first kappa shape index (κ1) is 12.6. The van der Waals surface area contributed by atoms with Gasteiger partial charge in [-0.3, -0.25) is 9.78 Å². The molecule has 1 aromatic heterocycles. The molecule has 20 heavy (non-hydrogen) atoms. The van der Waals surface area contributed by atoms with Crippen LogP contribution in [0.15, 0.2) is 18.3 Å². The Kier molecular flexibility index (Phi) is 2.77. The van der Waals surface area contributed by atoms with E-state index in [0.29, 0.717) is 12.2 Å². The second-order valence-electron chi connectivity index (χ2n) is 7.62. The molecule has 4 saturated carbocycles. The highest BCUT2D eigenvalue weighted by Gasteiger charge is 2.54. The third-order valence-corrected chi connectivity index (χ3v) is 5.94. The van der Waals surface area contributed by atoms with Gasteiger partial charge in [0.2, 0.25) is 0 Å². The molecule has 0 radical (unpaired) electrons. The minimum atomic E-state index is 0.0291. The average molecular weight is 269 g/mol. The Bertz CT molecular complexity index is 496. The maximum atomic E-state index is 12.9. The van der Waals surface area contributed by atoms with Gasteiger partial charge in [-0.2, -0.15) is 0 Å². The van der Waals surface area contributed by atoms with E-state index in [1.807, 2.05) is 19.2 Å². The molecule has 1 heterocycles. The van der Waals surface area contributed by atoms with Gasteiger partial charge in [0, 0.05) is 23.7 Å². The van der Waals surface area contributed by atoms with Gasteiger partial charge in [-0.15, -0.1) is 0 Å². The summed E-state index contributed by atoms with van der Waals surface area (Å²) in [5, 5.41) is 0. The molecule has 0 aromatic carbocycles. The zero-order chi connectivity index (χ0) is 13.7. The first-order chi connectivity index (χ1) is 9.63. The molecule has 2 nitrogen and oxygen atoms in total. The van der Waals surface area contributed by atoms with Gasteiger partial charge in [-0.25, -0.2) is 0 Å². The Labute approximate surface area is 121 Å². The predicted molar refractivity (Wildman–Crippen MR) is 78.3 cm³/mol. The van der Waals surface area contributed by atoms with E-state index < -0.39 is 0 Å². The Morgan fingerprint density at radius 1 is 1.15 bits per heavy atom. The Hall–Kier alpha value is -1.18. The number of hydrogen-bond donors (Lipinski definition) is 0. The number of nitrogens with zero attached hydrogens (tertiary/aromatic N) is 1. The van der Waals surface area contributed by atoms with Crippen molar-refractivity contribution in [3.05, 3.63) is 29.6 Å². The van der Waals surface area contributed by atoms with Crippen molar-refractivity contribution in [3.63, 3.8) is 0 Å². The van der Waals surface area contributed by atoms with Crippen LogP contribution in [0.3, 0.4) is 0 Å². The summed E-state index contributed by atoms with van der Waals surface area (Å²) in [4.78, 5) is 17.3. The van der Waals surface area contributed by atoms with Crippen LogP contribution >= 0.6 is 0 Å². The summed E-state index contributed by atoms with van der Waals surface area (Å²) in [5.74, 6) is 3.01. The molecule has 4 aliphatic rings. The average Bonchev–Trinajstić information content (AvgIpc) is 2.40. The van der Waals surface area contributed by atoms with E-state index in [2.05, 4.69) is 11.1 Å². The monoisotopic (exact) mass is 269 g/mol. The number of pyridine rings is 1. The minimum absolute atomic E-state index is 0.0291. The van der Waals surface area contributed by atoms with E-state index in [-0.39, 0.29) is 5.41 Å². The fraction of sp³-hybridized carbons (Fsp3) is 0.667. The second kappa shape index (κ2) is 4.41. The van der Waals surface area contributed by atoms with Crippen molar-refractivity contribution < 1.29 is 4.79 Å². The number of hydrogen-bond acceptors (Lipinski definition) is 2. The molecule has 0 N–H and O–H groups in total. The molecule has 0 spiro atoms. The third-order valence-electron chi connectivity index (χ3n) is 5.94. The van der Waals surface area contributed by atoms with Gasteiger partial charge in [0.1, 0.15) is 5.78 Å². The van der Waals surface area contributed by atoms with Gasteiger partial charge in [0.25, 0.3) is 0 Å². The number of carbonyl (C=O) groups excluding carboxylic acids is 1. The molecule has 0 unspecified atom stereocenters. The first-order valence-electron chi connectivity index (χ1n) is 8.08. The van der Waals surface area contributed by atoms with Crippen LogP contribution < -0.4 is 0 Å². The lowest BCUT2D eigenvalue weighted by molar-refractivity contribution is -0.143. The molecule has 0 aliphatic heterocycles. The molecule has 4 bridgehead atoms. The molecule has 0 saturated heterocycles. The lowest BCUT2D eigenvalue weighted by atomic mass is 9.48. The van der Waals surface area contributed by atoms with Gasteiger partial charge >= 0.3 is 0 Å². The van der Waals surface area contributed by atoms with Crippen LogP contribution in [0.5, 0.6) is 0 Å². The molecule has 0 atom stereocenters. The normalized spacial score (nSPS) is 38.1. The lowest BCUT2D eigenvalue weighted by Gasteiger charge is -2.56. The zero-order valence-corrected chi connectivity index (χ0v) is 12.3. The molecular weight excluding hydrogens is 246 g/mol. The molecule has 106 valence electrons. The van der Waals surface area contributed by atoms with Crippen LogP contribution in [-0.2, 0) is 11.2 Å². The molecule has 4 fully saturated rings. The van der Waals surface area contributed by atoms with Gasteiger partial charge in [0.05, 0.1) is 0 Å². The van der Waals surface area contributed by atoms with Crippen molar-refractivity contribution in [2.75, 3.05) is 0 Å². The molecule has 2 heteroatoms. The highest BCUT2D eigenvalue weighted by atomic mass is 16.1. The van der Waals surface area contributed by atoms with Gasteiger partial charge < -0.3 is 0 Å². The fourth-order valence-electron chi connectivity index (χ4n) is 5.41. The number of aromatic nitrogens is 1. The molecule has 0 amide bonds. The van der Waals surface area contributed by atoms with Gasteiger partial charge in [-0.05, 0) is 74.8 Å². The van der Waals surface area contributed by atoms with Crippen molar-refractivity contribution in [2.24, 2.45) is 23.2 Å². The smallest absolute Gasteiger partial charge is 0.144 e. The van der Waals surface area contributed by atoms with E-state index in [1.165, 1.54) is 38.5 Å². The van der Waals surface area contributed by atoms with Gasteiger partial charge in [-0.1, -0.05) is 6.07 Å². The maximum Gasteiger partial charge on any atom is 0.144 e. The third kappa shape index (κ3) is 2.01. The van der Waals surface area contributed by atoms with E-state index in [0.717, 1.165) is 29.0 Å². The number of rotatable bonds is 3. The molecule has 1 aromatic rings. The standard InChI is InChI=1S/C18H23NO/c1-12-2-3-16(19-11-12)7-17(20)18-8-13-4-14(9-18)6-15(5-13)10-18/h2-3,11,13-15H,4-10H2,1H3. The lowest BCUT2D eigenvalue weighted by Crippen LogP contribution is -2.50. The van der Waals surface area contributed by atoms with Crippen LogP contribution in [0.2, 0.25) is 0 Å². The summed E-state index contributed by atoms with van der Waals surface area (Å²) in [5.41, 5.74) is 2.15. The van der Waals surface area contributed by atoms with E-state index in [1.54, 1.807) is 0 Å². The van der Waals surface area contributed by atoms with Crippen molar-refractivity contribution in [2.45, 2.75) is 51.9 Å². The highest BCUT2D eigenvalue weighted by molar-refractivity contribution is 5.87. The van der Waals surface area contributed by atoms with Crippen LogP contribution in [0.25, 0.3) is 0 Å². The van der Waals surface area contributed by atoms with Crippen molar-refractivity contribution in [1.29, 1.82) is 0 Å². The van der Waals surface area contributed by atoms with Crippen LogP contribution in [0.4, 0.5) is 0 Å². The molecule has 4 aliphatic carbocycles. The predicted octanol–water partition coefficient (Wildman–Crippen LogP) is 3.72. The number of carbonyl (C=O) groups is 1. The van der Waals surface area contributed by atoms with Gasteiger partial charge in [0.15, 0.2) is 0 Å². The van der Waals surface area contributed by atoms with Crippen LogP contribution in [0.1, 0.15) is 49.8 Å². The minimum Gasteiger partial charge on any atom is -0.299 e. The summed E-state index contributed by atoms with van der Waals surface area (Å²) in [7, 11) is 0. The summed E-state index contributed by atoms with van der Waals surface area (Å²) in [6.45, 7) is 2.04. The maximum absolute atomic E-state index is 12.9. The number of aryl methyl sites for hydroxylation is 1. The highest BCUT2D eigenvalue weighted by Crippen LogP contribution is 2.60. The van der Waals surface area contributed by atoms with Crippen LogP contribution in [-0.4, -0.2) is 10.8 Å². The first-order valence-corrected chi connectivity index (χ1v) is 8.08. The zero-order valence-electron chi connectivity index (χ0n) is 12.3. The second-order valence-corrected chi connectivity index (χ2v) is 7.62. The van der Waals surface area contributed by atoms with Crippen LogP contribution in [0, 0.1) is 30.1 Å². The van der Waals surface area contributed by atoms with Crippen molar-refractivity contribution in [3.8, 4) is 0 Å². The quantitative estimate of drug-likeness (QED) is 0.837. The van der Waals surface area contributed by atoms with E-state index in [4.69, 9.17) is 0 Å². The molecular formula is C18H23NO. The topological polar surface area (TPSA) is 30.0 Å². The fourth-order valence-corrected chi connectivity index (χ4v) is 5.41. The van der Waals surface area contributed by atoms with Crippen molar-refractivity contribution >= 4 is 5.78 Å². The Balaban J connectivity index is 1.54. The molecule has 5 rings (SSSR count). The van der Waals surface area contributed by atoms with E-state index >= 15 is 0 Å². The number of ketones is 1. The SMILES string of the molecule is Cc1ccc(CC(=O)C23CC4CC(CC(C4)C2)C3)nc1. The summed E-state index contributed by atoms with van der Waals surface area (Å²) < 4.78 is 0. The van der Waals surface area contributed by atoms with Crippen molar-refractivity contribution in [1.82, 2.24) is 4.98 Å². The Morgan fingerprint density at radius 2 is 1.75 bits per heavy atom.